The fraction of sp³-hybridized carbons (Fsp3) is 0.316. The third kappa shape index (κ3) is 5.76. The van der Waals surface area contributed by atoms with Crippen molar-refractivity contribution in [2.45, 2.75) is 6.54 Å². The molecule has 0 heterocycles. The summed E-state index contributed by atoms with van der Waals surface area (Å²) in [5, 5.41) is 2.85. The number of halogens is 1. The lowest BCUT2D eigenvalue weighted by molar-refractivity contribution is 0.201. The lowest BCUT2D eigenvalue weighted by Gasteiger charge is -2.25. The van der Waals surface area contributed by atoms with Gasteiger partial charge in [0.15, 0.2) is 0 Å². The molecular weight excluding hydrogens is 321 g/mol. The smallest absolute Gasteiger partial charge is 0.322 e. The number of carbonyl (C=O) groups is 1. The zero-order valence-corrected chi connectivity index (χ0v) is 14.8. The number of nitrogens with one attached hydrogen (secondary N) is 1. The molecule has 5 nitrogen and oxygen atoms in total. The Morgan fingerprint density at radius 1 is 1.12 bits per heavy atom. The van der Waals surface area contributed by atoms with Crippen molar-refractivity contribution in [2.75, 3.05) is 39.6 Å². The van der Waals surface area contributed by atoms with E-state index in [4.69, 9.17) is 4.74 Å². The van der Waals surface area contributed by atoms with Crippen molar-refractivity contribution in [3.05, 3.63) is 59.9 Å². The van der Waals surface area contributed by atoms with Crippen LogP contribution < -0.4 is 10.1 Å². The van der Waals surface area contributed by atoms with E-state index in [1.54, 1.807) is 54.5 Å². The van der Waals surface area contributed by atoms with Crippen LogP contribution in [0.2, 0.25) is 0 Å². The van der Waals surface area contributed by atoms with Crippen molar-refractivity contribution in [1.82, 2.24) is 9.80 Å². The molecule has 2 aromatic carbocycles. The van der Waals surface area contributed by atoms with Crippen LogP contribution in [-0.4, -0.2) is 50.1 Å². The zero-order chi connectivity index (χ0) is 18.2. The molecule has 0 saturated carbocycles. The summed E-state index contributed by atoms with van der Waals surface area (Å²) in [6.45, 7) is 1.37. The van der Waals surface area contributed by atoms with E-state index in [0.29, 0.717) is 30.1 Å². The van der Waals surface area contributed by atoms with Gasteiger partial charge in [0.05, 0.1) is 13.7 Å². The highest BCUT2D eigenvalue weighted by Gasteiger charge is 2.16. The second-order valence-electron chi connectivity index (χ2n) is 5.98. The van der Waals surface area contributed by atoms with Gasteiger partial charge < -0.3 is 19.9 Å². The minimum absolute atomic E-state index is 0.205. The van der Waals surface area contributed by atoms with Crippen LogP contribution in [0, 0.1) is 5.82 Å². The molecule has 6 heteroatoms. The highest BCUT2D eigenvalue weighted by molar-refractivity contribution is 5.89. The molecule has 2 rings (SSSR count). The molecule has 2 aromatic rings. The number of ether oxygens (including phenoxy) is 1. The highest BCUT2D eigenvalue weighted by atomic mass is 19.1. The number of urea groups is 1. The Kier molecular flexibility index (Phi) is 6.77. The van der Waals surface area contributed by atoms with E-state index < -0.39 is 0 Å². The van der Waals surface area contributed by atoms with Gasteiger partial charge >= 0.3 is 6.03 Å². The lowest BCUT2D eigenvalue weighted by atomic mass is 10.2. The summed E-state index contributed by atoms with van der Waals surface area (Å²) < 4.78 is 19.1. The minimum atomic E-state index is -0.313. The number of rotatable bonds is 7. The first kappa shape index (κ1) is 18.7. The molecule has 1 N–H and O–H groups in total. The number of hydrogen-bond acceptors (Lipinski definition) is 3. The first-order valence-corrected chi connectivity index (χ1v) is 8.07. The Morgan fingerprint density at radius 2 is 1.88 bits per heavy atom. The van der Waals surface area contributed by atoms with Crippen molar-refractivity contribution >= 4 is 11.7 Å². The fourth-order valence-corrected chi connectivity index (χ4v) is 2.31. The van der Waals surface area contributed by atoms with Gasteiger partial charge in [-0.05, 0) is 32.3 Å². The highest BCUT2D eigenvalue weighted by Crippen LogP contribution is 2.18. The predicted molar refractivity (Wildman–Crippen MR) is 97.4 cm³/mol. The third-order valence-electron chi connectivity index (χ3n) is 3.74. The number of nitrogens with zero attached hydrogens (tertiary/aromatic N) is 2. The standard InChI is InChI=1S/C19H24FN3O2/c1-22(2)11-12-23(14-15-7-4-5-10-18(15)20)19(24)21-16-8-6-9-17(13-16)25-3/h4-10,13H,11-12,14H2,1-3H3,(H,21,24). The zero-order valence-electron chi connectivity index (χ0n) is 14.8. The molecule has 0 aliphatic rings. The number of methoxy groups -OCH3 is 1. The van der Waals surface area contributed by atoms with Gasteiger partial charge in [-0.25, -0.2) is 9.18 Å². The first-order chi connectivity index (χ1) is 12.0. The normalized spacial score (nSPS) is 10.6. The van der Waals surface area contributed by atoms with Crippen LogP contribution in [0.1, 0.15) is 5.56 Å². The maximum absolute atomic E-state index is 14.0. The van der Waals surface area contributed by atoms with Crippen LogP contribution in [0.5, 0.6) is 5.75 Å². The number of amides is 2. The van der Waals surface area contributed by atoms with Crippen LogP contribution in [-0.2, 0) is 6.54 Å². The molecular formula is C19H24FN3O2. The van der Waals surface area contributed by atoms with Gasteiger partial charge in [-0.3, -0.25) is 0 Å². The van der Waals surface area contributed by atoms with E-state index in [2.05, 4.69) is 5.32 Å². The van der Waals surface area contributed by atoms with Crippen molar-refractivity contribution < 1.29 is 13.9 Å². The van der Waals surface area contributed by atoms with Crippen molar-refractivity contribution in [3.8, 4) is 5.75 Å². The summed E-state index contributed by atoms with van der Waals surface area (Å²) in [7, 11) is 5.44. The molecule has 0 radical (unpaired) electrons. The van der Waals surface area contributed by atoms with Gasteiger partial charge in [0.2, 0.25) is 0 Å². The average molecular weight is 345 g/mol. The SMILES string of the molecule is COc1cccc(NC(=O)N(CCN(C)C)Cc2ccccc2F)c1. The summed E-state index contributed by atoms with van der Waals surface area (Å²) in [5.41, 5.74) is 1.12. The van der Waals surface area contributed by atoms with Gasteiger partial charge in [-0.1, -0.05) is 24.3 Å². The molecule has 0 fully saturated rings. The van der Waals surface area contributed by atoms with Gasteiger partial charge in [0.25, 0.3) is 0 Å². The maximum Gasteiger partial charge on any atom is 0.322 e. The van der Waals surface area contributed by atoms with Crippen molar-refractivity contribution in [1.29, 1.82) is 0 Å². The van der Waals surface area contributed by atoms with Crippen LogP contribution >= 0.6 is 0 Å². The number of hydrogen-bond donors (Lipinski definition) is 1. The minimum Gasteiger partial charge on any atom is -0.497 e. The Balaban J connectivity index is 2.12. The Labute approximate surface area is 148 Å². The molecule has 0 atom stereocenters. The molecule has 0 aromatic heterocycles. The van der Waals surface area contributed by atoms with Gasteiger partial charge in [-0.2, -0.15) is 0 Å². The quantitative estimate of drug-likeness (QED) is 0.836. The van der Waals surface area contributed by atoms with E-state index in [0.717, 1.165) is 0 Å². The number of benzene rings is 2. The van der Waals surface area contributed by atoms with Gasteiger partial charge in [-0.15, -0.1) is 0 Å². The van der Waals surface area contributed by atoms with Gasteiger partial charge in [0, 0.05) is 30.4 Å². The summed E-state index contributed by atoms with van der Waals surface area (Å²) in [4.78, 5) is 16.2. The third-order valence-corrected chi connectivity index (χ3v) is 3.74. The molecule has 0 unspecified atom stereocenters. The topological polar surface area (TPSA) is 44.8 Å². The van der Waals surface area contributed by atoms with E-state index in [-0.39, 0.29) is 18.4 Å². The average Bonchev–Trinajstić information content (AvgIpc) is 2.60. The second kappa shape index (κ2) is 9.03. The Hall–Kier alpha value is -2.60. The predicted octanol–water partition coefficient (Wildman–Crippen LogP) is 3.43. The fourth-order valence-electron chi connectivity index (χ4n) is 2.31. The number of likely N-dealkylation sites (N-methyl/N-ethyl adjacent to an activating group) is 1. The molecule has 0 saturated heterocycles. The maximum atomic E-state index is 14.0. The molecule has 0 bridgehead atoms. The van der Waals surface area contributed by atoms with E-state index in [1.165, 1.54) is 6.07 Å². The van der Waals surface area contributed by atoms with E-state index in [1.807, 2.05) is 19.0 Å². The summed E-state index contributed by atoms with van der Waals surface area (Å²) >= 11 is 0. The molecule has 2 amide bonds. The van der Waals surface area contributed by atoms with Crippen molar-refractivity contribution in [3.63, 3.8) is 0 Å². The molecule has 25 heavy (non-hydrogen) atoms. The summed E-state index contributed by atoms with van der Waals surface area (Å²) in [5.74, 6) is 0.346. The van der Waals surface area contributed by atoms with Crippen LogP contribution in [0.3, 0.4) is 0 Å². The monoisotopic (exact) mass is 345 g/mol. The van der Waals surface area contributed by atoms with E-state index in [9.17, 15) is 9.18 Å². The van der Waals surface area contributed by atoms with Crippen LogP contribution in [0.15, 0.2) is 48.5 Å². The number of carbonyl (C=O) groups excluding carboxylic acids is 1. The van der Waals surface area contributed by atoms with Crippen LogP contribution in [0.25, 0.3) is 0 Å². The molecule has 134 valence electrons. The van der Waals surface area contributed by atoms with Crippen LogP contribution in [0.4, 0.5) is 14.9 Å². The van der Waals surface area contributed by atoms with Crippen molar-refractivity contribution in [2.24, 2.45) is 0 Å². The largest absolute Gasteiger partial charge is 0.497 e. The molecule has 0 spiro atoms. The van der Waals surface area contributed by atoms with Gasteiger partial charge in [0.1, 0.15) is 11.6 Å². The Morgan fingerprint density at radius 3 is 2.56 bits per heavy atom. The molecule has 0 aliphatic carbocycles. The lowest BCUT2D eigenvalue weighted by Crippen LogP contribution is -2.39. The Bertz CT molecular complexity index is 707. The first-order valence-electron chi connectivity index (χ1n) is 8.07. The second-order valence-corrected chi connectivity index (χ2v) is 5.98. The molecule has 0 aliphatic heterocycles. The van der Waals surface area contributed by atoms with E-state index >= 15 is 0 Å². The number of anilines is 1. The summed E-state index contributed by atoms with van der Waals surface area (Å²) in [6.07, 6.45) is 0. The summed E-state index contributed by atoms with van der Waals surface area (Å²) in [6, 6.07) is 13.4.